The van der Waals surface area contributed by atoms with Crippen LogP contribution in [0.2, 0.25) is 0 Å². The van der Waals surface area contributed by atoms with Crippen molar-refractivity contribution in [2.45, 2.75) is 25.5 Å². The van der Waals surface area contributed by atoms with E-state index in [1.165, 1.54) is 0 Å². The van der Waals surface area contributed by atoms with Crippen LogP contribution in [0.3, 0.4) is 0 Å². The second-order valence-electron chi connectivity index (χ2n) is 8.00. The van der Waals surface area contributed by atoms with E-state index < -0.39 is 0 Å². The van der Waals surface area contributed by atoms with Gasteiger partial charge < -0.3 is 20.2 Å². The molecule has 2 N–H and O–H groups in total. The van der Waals surface area contributed by atoms with E-state index in [2.05, 4.69) is 27.8 Å². The number of carbonyl (C=O) groups is 2. The molecule has 3 heterocycles. The van der Waals surface area contributed by atoms with Crippen molar-refractivity contribution in [2.24, 2.45) is 0 Å². The zero-order valence-electron chi connectivity index (χ0n) is 17.5. The van der Waals surface area contributed by atoms with E-state index in [4.69, 9.17) is 4.74 Å². The Morgan fingerprint density at radius 3 is 2.84 bits per heavy atom. The molecule has 160 valence electrons. The van der Waals surface area contributed by atoms with Gasteiger partial charge in [-0.1, -0.05) is 42.5 Å². The Morgan fingerprint density at radius 2 is 2.00 bits per heavy atom. The summed E-state index contributed by atoms with van der Waals surface area (Å²) in [6.45, 7) is 1.13. The fourth-order valence-electron chi connectivity index (χ4n) is 4.26. The lowest BCUT2D eigenvalue weighted by atomic mass is 9.98. The Hall–Kier alpha value is -3.77. The van der Waals surface area contributed by atoms with E-state index in [9.17, 15) is 9.59 Å². The van der Waals surface area contributed by atoms with Crippen molar-refractivity contribution < 1.29 is 14.3 Å². The van der Waals surface area contributed by atoms with Crippen LogP contribution in [0.1, 0.15) is 27.8 Å². The van der Waals surface area contributed by atoms with Gasteiger partial charge in [0.15, 0.2) is 0 Å². The van der Waals surface area contributed by atoms with Crippen molar-refractivity contribution >= 4 is 29.2 Å². The third-order valence-electron chi connectivity index (χ3n) is 5.85. The summed E-state index contributed by atoms with van der Waals surface area (Å²) in [6, 6.07) is 17.5. The third kappa shape index (κ3) is 3.92. The average Bonchev–Trinajstić information content (AvgIpc) is 3.38. The highest BCUT2D eigenvalue weighted by Gasteiger charge is 2.32. The maximum Gasteiger partial charge on any atom is 0.260 e. The summed E-state index contributed by atoms with van der Waals surface area (Å²) in [5.41, 5.74) is 6.52. The Morgan fingerprint density at radius 1 is 1.09 bits per heavy atom. The number of nitrogens with zero attached hydrogens (tertiary/aromatic N) is 1. The van der Waals surface area contributed by atoms with Crippen molar-refractivity contribution in [2.75, 3.05) is 11.9 Å². The van der Waals surface area contributed by atoms with Gasteiger partial charge in [-0.3, -0.25) is 9.78 Å². The SMILES string of the molecule is O=CC(Cc1cccnc1)NCCc1ccc2c(c1)CO/C2=C1/C(=O)Nc2ccccc21. The van der Waals surface area contributed by atoms with Gasteiger partial charge in [0.2, 0.25) is 0 Å². The smallest absolute Gasteiger partial charge is 0.260 e. The minimum absolute atomic E-state index is 0.129. The summed E-state index contributed by atoms with van der Waals surface area (Å²) in [4.78, 5) is 28.1. The largest absolute Gasteiger partial charge is 0.487 e. The lowest BCUT2D eigenvalue weighted by Gasteiger charge is -2.13. The lowest BCUT2D eigenvalue weighted by Crippen LogP contribution is -2.34. The van der Waals surface area contributed by atoms with Crippen LogP contribution in [0.5, 0.6) is 0 Å². The minimum Gasteiger partial charge on any atom is -0.487 e. The predicted molar refractivity (Wildman–Crippen MR) is 123 cm³/mol. The molecule has 0 saturated carbocycles. The molecule has 0 bridgehead atoms. The van der Waals surface area contributed by atoms with Gasteiger partial charge in [-0.2, -0.15) is 0 Å². The number of rotatable bonds is 7. The average molecular weight is 425 g/mol. The molecule has 0 fully saturated rings. The van der Waals surface area contributed by atoms with Crippen LogP contribution in [0, 0.1) is 0 Å². The molecule has 1 amide bonds. The maximum atomic E-state index is 12.6. The normalized spacial score (nSPS) is 17.3. The molecular weight excluding hydrogens is 402 g/mol. The molecule has 6 heteroatoms. The van der Waals surface area contributed by atoms with Crippen molar-refractivity contribution in [1.29, 1.82) is 0 Å². The molecule has 3 aromatic rings. The van der Waals surface area contributed by atoms with Crippen LogP contribution in [0.4, 0.5) is 5.69 Å². The number of aromatic nitrogens is 1. The number of anilines is 1. The molecule has 1 aromatic heterocycles. The molecule has 0 aliphatic carbocycles. The molecule has 5 rings (SSSR count). The zero-order valence-corrected chi connectivity index (χ0v) is 17.5. The molecule has 0 radical (unpaired) electrons. The lowest BCUT2D eigenvalue weighted by molar-refractivity contribution is -0.111. The number of pyridine rings is 1. The zero-order chi connectivity index (χ0) is 21.9. The number of para-hydroxylation sites is 1. The first kappa shape index (κ1) is 20.2. The molecule has 0 saturated heterocycles. The Kier molecular flexibility index (Phi) is 5.52. The number of aldehydes is 1. The van der Waals surface area contributed by atoms with E-state index >= 15 is 0 Å². The number of amides is 1. The van der Waals surface area contributed by atoms with Gasteiger partial charge in [0.25, 0.3) is 5.91 Å². The molecule has 1 unspecified atom stereocenters. The van der Waals surface area contributed by atoms with Gasteiger partial charge in [0.05, 0.1) is 11.6 Å². The number of hydrogen-bond acceptors (Lipinski definition) is 5. The van der Waals surface area contributed by atoms with E-state index in [1.54, 1.807) is 12.4 Å². The van der Waals surface area contributed by atoms with Gasteiger partial charge in [0, 0.05) is 34.8 Å². The summed E-state index contributed by atoms with van der Waals surface area (Å²) in [5, 5.41) is 6.23. The van der Waals surface area contributed by atoms with Crippen LogP contribution in [-0.4, -0.2) is 29.8 Å². The Balaban J connectivity index is 1.28. The van der Waals surface area contributed by atoms with Crippen LogP contribution in [0.25, 0.3) is 11.3 Å². The van der Waals surface area contributed by atoms with Gasteiger partial charge in [-0.25, -0.2) is 0 Å². The summed E-state index contributed by atoms with van der Waals surface area (Å²) < 4.78 is 5.97. The first-order chi connectivity index (χ1) is 15.7. The van der Waals surface area contributed by atoms with E-state index in [0.29, 0.717) is 30.9 Å². The monoisotopic (exact) mass is 425 g/mol. The number of carbonyl (C=O) groups excluding carboxylic acids is 2. The van der Waals surface area contributed by atoms with Gasteiger partial charge >= 0.3 is 0 Å². The topological polar surface area (TPSA) is 80.3 Å². The standard InChI is InChI=1S/C26H23N3O3/c30-15-20(13-18-4-3-10-27-14-18)28-11-9-17-7-8-21-19(12-17)16-32-25(21)24-22-5-1-2-6-23(22)29-26(24)31/h1-8,10,12,14-15,20,28H,9,11,13,16H2,(H,29,31)/b25-24+. The van der Waals surface area contributed by atoms with Crippen molar-refractivity contribution in [3.63, 3.8) is 0 Å². The molecule has 6 nitrogen and oxygen atoms in total. The molecule has 0 spiro atoms. The first-order valence-corrected chi connectivity index (χ1v) is 10.7. The summed E-state index contributed by atoms with van der Waals surface area (Å²) >= 11 is 0. The number of fused-ring (bicyclic) bond motifs is 2. The van der Waals surface area contributed by atoms with Crippen molar-refractivity contribution in [1.82, 2.24) is 10.3 Å². The minimum atomic E-state index is -0.241. The van der Waals surface area contributed by atoms with Crippen LogP contribution < -0.4 is 10.6 Å². The number of nitrogens with one attached hydrogen (secondary N) is 2. The first-order valence-electron chi connectivity index (χ1n) is 10.7. The predicted octanol–water partition coefficient (Wildman–Crippen LogP) is 3.37. The summed E-state index contributed by atoms with van der Waals surface area (Å²) in [6.07, 6.45) is 5.87. The maximum absolute atomic E-state index is 12.6. The van der Waals surface area contributed by atoms with Gasteiger partial charge in [-0.15, -0.1) is 0 Å². The number of benzene rings is 2. The molecule has 2 aliphatic heterocycles. The van der Waals surface area contributed by atoms with E-state index in [-0.39, 0.29) is 11.9 Å². The molecule has 1 atom stereocenters. The van der Waals surface area contributed by atoms with Crippen molar-refractivity contribution in [3.8, 4) is 0 Å². The van der Waals surface area contributed by atoms with E-state index in [1.807, 2.05) is 42.5 Å². The second-order valence-corrected chi connectivity index (χ2v) is 8.00. The number of hydrogen-bond donors (Lipinski definition) is 2. The fourth-order valence-corrected chi connectivity index (χ4v) is 4.26. The van der Waals surface area contributed by atoms with E-state index in [0.717, 1.165) is 46.2 Å². The molecule has 2 aromatic carbocycles. The highest BCUT2D eigenvalue weighted by Crippen LogP contribution is 2.41. The van der Waals surface area contributed by atoms with Crippen LogP contribution >= 0.6 is 0 Å². The van der Waals surface area contributed by atoms with Crippen molar-refractivity contribution in [3.05, 3.63) is 94.8 Å². The fraction of sp³-hybridized carbons (Fsp3) is 0.192. The third-order valence-corrected chi connectivity index (χ3v) is 5.85. The summed E-state index contributed by atoms with van der Waals surface area (Å²) in [5.74, 6) is 0.514. The summed E-state index contributed by atoms with van der Waals surface area (Å²) in [7, 11) is 0. The molecular formula is C26H23N3O3. The Bertz CT molecular complexity index is 1200. The van der Waals surface area contributed by atoms with Gasteiger partial charge in [0.1, 0.15) is 18.7 Å². The Labute approximate surface area is 186 Å². The second kappa shape index (κ2) is 8.77. The quantitative estimate of drug-likeness (QED) is 0.448. The van der Waals surface area contributed by atoms with Crippen LogP contribution in [-0.2, 0) is 33.8 Å². The van der Waals surface area contributed by atoms with Gasteiger partial charge in [-0.05, 0) is 42.6 Å². The number of ether oxygens (including phenoxy) is 1. The highest BCUT2D eigenvalue weighted by molar-refractivity contribution is 6.36. The molecule has 2 aliphatic rings. The van der Waals surface area contributed by atoms with Crippen LogP contribution in [0.15, 0.2) is 67.0 Å². The highest BCUT2D eigenvalue weighted by atomic mass is 16.5. The molecule has 32 heavy (non-hydrogen) atoms.